The summed E-state index contributed by atoms with van der Waals surface area (Å²) in [5.41, 5.74) is 5.26. The van der Waals surface area contributed by atoms with Gasteiger partial charge in [0.2, 0.25) is 0 Å². The smallest absolute Gasteiger partial charge is 0.179 e. The SMILES string of the molecule is CN(CCC(=N)N)c1ncccc1S(C)(=O)=O. The normalized spacial score (nSPS) is 11.2. The fraction of sp³-hybridized carbons (Fsp3) is 0.400. The zero-order valence-electron chi connectivity index (χ0n) is 9.84. The van der Waals surface area contributed by atoms with E-state index < -0.39 is 9.84 Å². The van der Waals surface area contributed by atoms with Crippen molar-refractivity contribution in [2.45, 2.75) is 11.3 Å². The Balaban J connectivity index is 3.01. The molecule has 0 atom stereocenters. The number of hydrogen-bond acceptors (Lipinski definition) is 5. The first kappa shape index (κ1) is 13.4. The topological polar surface area (TPSA) is 100 Å². The molecule has 0 bridgehead atoms. The first-order valence-electron chi connectivity index (χ1n) is 5.01. The third-order valence-electron chi connectivity index (χ3n) is 2.23. The summed E-state index contributed by atoms with van der Waals surface area (Å²) >= 11 is 0. The number of hydrogen-bond donors (Lipinski definition) is 2. The molecule has 1 rings (SSSR count). The van der Waals surface area contributed by atoms with Crippen molar-refractivity contribution in [3.8, 4) is 0 Å². The minimum atomic E-state index is -3.31. The van der Waals surface area contributed by atoms with Crippen LogP contribution >= 0.6 is 0 Å². The Morgan fingerprint density at radius 2 is 2.24 bits per heavy atom. The highest BCUT2D eigenvalue weighted by Crippen LogP contribution is 2.20. The fourth-order valence-corrected chi connectivity index (χ4v) is 2.22. The molecule has 1 heterocycles. The number of anilines is 1. The van der Waals surface area contributed by atoms with Crippen LogP contribution in [-0.2, 0) is 9.84 Å². The highest BCUT2D eigenvalue weighted by atomic mass is 32.2. The molecular weight excluding hydrogens is 240 g/mol. The van der Waals surface area contributed by atoms with Crippen molar-refractivity contribution in [3.63, 3.8) is 0 Å². The molecule has 6 nitrogen and oxygen atoms in total. The Morgan fingerprint density at radius 1 is 1.59 bits per heavy atom. The molecule has 0 fully saturated rings. The van der Waals surface area contributed by atoms with Crippen LogP contribution in [0.4, 0.5) is 5.82 Å². The van der Waals surface area contributed by atoms with Crippen molar-refractivity contribution in [2.75, 3.05) is 24.7 Å². The van der Waals surface area contributed by atoms with Gasteiger partial charge < -0.3 is 10.6 Å². The van der Waals surface area contributed by atoms with Gasteiger partial charge in [0, 0.05) is 32.5 Å². The Labute approximate surface area is 101 Å². The van der Waals surface area contributed by atoms with E-state index >= 15 is 0 Å². The maximum Gasteiger partial charge on any atom is 0.179 e. The van der Waals surface area contributed by atoms with E-state index in [-0.39, 0.29) is 10.7 Å². The summed E-state index contributed by atoms with van der Waals surface area (Å²) in [7, 11) is -1.58. The molecule has 0 radical (unpaired) electrons. The standard InChI is InChI=1S/C10H16N4O2S/c1-14(7-5-9(11)12)10-8(17(2,15)16)4-3-6-13-10/h3-4,6H,5,7H2,1-2H3,(H3,11,12). The summed E-state index contributed by atoms with van der Waals surface area (Å²) in [5, 5.41) is 7.14. The summed E-state index contributed by atoms with van der Waals surface area (Å²) in [6, 6.07) is 3.10. The largest absolute Gasteiger partial charge is 0.388 e. The van der Waals surface area contributed by atoms with E-state index in [2.05, 4.69) is 4.98 Å². The first-order chi connectivity index (χ1) is 7.82. The molecule has 0 aliphatic heterocycles. The van der Waals surface area contributed by atoms with Crippen LogP contribution in [0.1, 0.15) is 6.42 Å². The van der Waals surface area contributed by atoms with Crippen molar-refractivity contribution >= 4 is 21.5 Å². The van der Waals surface area contributed by atoms with Crippen molar-refractivity contribution in [1.29, 1.82) is 5.41 Å². The van der Waals surface area contributed by atoms with Gasteiger partial charge in [-0.1, -0.05) is 0 Å². The lowest BCUT2D eigenvalue weighted by atomic mass is 10.3. The number of aromatic nitrogens is 1. The Kier molecular flexibility index (Phi) is 4.06. The molecule has 0 aromatic carbocycles. The summed E-state index contributed by atoms with van der Waals surface area (Å²) in [4.78, 5) is 5.92. The molecule has 0 saturated carbocycles. The van der Waals surface area contributed by atoms with Gasteiger partial charge in [0.15, 0.2) is 9.84 Å². The second-order valence-electron chi connectivity index (χ2n) is 3.79. The van der Waals surface area contributed by atoms with E-state index in [0.717, 1.165) is 6.26 Å². The van der Waals surface area contributed by atoms with Gasteiger partial charge in [-0.3, -0.25) is 5.41 Å². The highest BCUT2D eigenvalue weighted by molar-refractivity contribution is 7.90. The molecule has 0 amide bonds. The predicted molar refractivity (Wildman–Crippen MR) is 67.1 cm³/mol. The van der Waals surface area contributed by atoms with Crippen LogP contribution in [0.3, 0.4) is 0 Å². The van der Waals surface area contributed by atoms with E-state index in [1.54, 1.807) is 18.0 Å². The lowest BCUT2D eigenvalue weighted by molar-refractivity contribution is 0.601. The van der Waals surface area contributed by atoms with Gasteiger partial charge in [-0.15, -0.1) is 0 Å². The van der Waals surface area contributed by atoms with Gasteiger partial charge in [-0.25, -0.2) is 13.4 Å². The number of sulfone groups is 1. The number of pyridine rings is 1. The molecular formula is C10H16N4O2S. The average molecular weight is 256 g/mol. The molecule has 3 N–H and O–H groups in total. The fourth-order valence-electron chi connectivity index (χ4n) is 1.35. The molecule has 0 spiro atoms. The second-order valence-corrected chi connectivity index (χ2v) is 5.78. The number of nitrogens with zero attached hydrogens (tertiary/aromatic N) is 2. The zero-order chi connectivity index (χ0) is 13.1. The molecule has 94 valence electrons. The predicted octanol–water partition coefficient (Wildman–Crippen LogP) is 0.247. The summed E-state index contributed by atoms with van der Waals surface area (Å²) in [6.45, 7) is 0.453. The van der Waals surface area contributed by atoms with Gasteiger partial charge in [-0.05, 0) is 12.1 Å². The minimum Gasteiger partial charge on any atom is -0.388 e. The van der Waals surface area contributed by atoms with Gasteiger partial charge in [-0.2, -0.15) is 0 Å². The second kappa shape index (κ2) is 5.13. The molecule has 7 heteroatoms. The molecule has 1 aromatic rings. The van der Waals surface area contributed by atoms with E-state index in [1.165, 1.54) is 12.3 Å². The van der Waals surface area contributed by atoms with Crippen molar-refractivity contribution < 1.29 is 8.42 Å². The Hall–Kier alpha value is -1.63. The molecule has 0 unspecified atom stereocenters. The van der Waals surface area contributed by atoms with Gasteiger partial charge >= 0.3 is 0 Å². The summed E-state index contributed by atoms with van der Waals surface area (Å²) in [6.07, 6.45) is 3.05. The highest BCUT2D eigenvalue weighted by Gasteiger charge is 2.16. The third kappa shape index (κ3) is 3.70. The Bertz CT molecular complexity index is 513. The van der Waals surface area contributed by atoms with Crippen molar-refractivity contribution in [2.24, 2.45) is 5.73 Å². The lowest BCUT2D eigenvalue weighted by Gasteiger charge is -2.19. The molecule has 0 aliphatic carbocycles. The van der Waals surface area contributed by atoms with Crippen LogP contribution in [-0.4, -0.2) is 39.1 Å². The maximum atomic E-state index is 11.6. The first-order valence-corrected chi connectivity index (χ1v) is 6.90. The van der Waals surface area contributed by atoms with Gasteiger partial charge in [0.1, 0.15) is 10.7 Å². The molecule has 1 aromatic heterocycles. The number of nitrogens with two attached hydrogens (primary N) is 1. The number of nitrogens with one attached hydrogen (secondary N) is 1. The van der Waals surface area contributed by atoms with Crippen molar-refractivity contribution in [1.82, 2.24) is 4.98 Å². The third-order valence-corrected chi connectivity index (χ3v) is 3.35. The van der Waals surface area contributed by atoms with Crippen molar-refractivity contribution in [3.05, 3.63) is 18.3 Å². The number of rotatable bonds is 5. The van der Waals surface area contributed by atoms with Crippen LogP contribution in [0.25, 0.3) is 0 Å². The summed E-state index contributed by atoms with van der Waals surface area (Å²) in [5.74, 6) is 0.449. The van der Waals surface area contributed by atoms with E-state index in [0.29, 0.717) is 18.8 Å². The molecule has 0 saturated heterocycles. The monoisotopic (exact) mass is 256 g/mol. The minimum absolute atomic E-state index is 0.0636. The molecule has 17 heavy (non-hydrogen) atoms. The van der Waals surface area contributed by atoms with Gasteiger partial charge in [0.25, 0.3) is 0 Å². The van der Waals surface area contributed by atoms with E-state index in [9.17, 15) is 8.42 Å². The van der Waals surface area contributed by atoms with E-state index in [4.69, 9.17) is 11.1 Å². The quantitative estimate of drug-likeness (QED) is 0.581. The summed E-state index contributed by atoms with van der Waals surface area (Å²) < 4.78 is 23.1. The zero-order valence-corrected chi connectivity index (χ0v) is 10.7. The van der Waals surface area contributed by atoms with Crippen LogP contribution in [0.2, 0.25) is 0 Å². The maximum absolute atomic E-state index is 11.6. The number of amidine groups is 1. The van der Waals surface area contributed by atoms with E-state index in [1.807, 2.05) is 0 Å². The average Bonchev–Trinajstić information content (AvgIpc) is 2.24. The van der Waals surface area contributed by atoms with Gasteiger partial charge in [0.05, 0.1) is 5.84 Å². The lowest BCUT2D eigenvalue weighted by Crippen LogP contribution is -2.26. The van der Waals surface area contributed by atoms with Crippen LogP contribution in [0.5, 0.6) is 0 Å². The Morgan fingerprint density at radius 3 is 2.76 bits per heavy atom. The van der Waals surface area contributed by atoms with Crippen LogP contribution < -0.4 is 10.6 Å². The molecule has 0 aliphatic rings. The van der Waals surface area contributed by atoms with Crippen LogP contribution in [0, 0.1) is 5.41 Å². The van der Waals surface area contributed by atoms with Crippen LogP contribution in [0.15, 0.2) is 23.2 Å².